The summed E-state index contributed by atoms with van der Waals surface area (Å²) >= 11 is 0. The molecule has 216 valence electrons. The monoisotopic (exact) mass is 556 g/mol. The molecule has 0 unspecified atom stereocenters. The Hall–Kier alpha value is -2.37. The van der Waals surface area contributed by atoms with Gasteiger partial charge >= 0.3 is 6.09 Å². The Balaban J connectivity index is 1.82. The summed E-state index contributed by atoms with van der Waals surface area (Å²) in [5, 5.41) is 4.77. The van der Waals surface area contributed by atoms with Gasteiger partial charge in [-0.3, -0.25) is 19.1 Å². The number of hydrogen-bond donors (Lipinski definition) is 3. The highest BCUT2D eigenvalue weighted by Crippen LogP contribution is 2.47. The van der Waals surface area contributed by atoms with Gasteiger partial charge in [0.05, 0.1) is 5.25 Å². The molecule has 2 heterocycles. The van der Waals surface area contributed by atoms with E-state index in [0.717, 1.165) is 32.1 Å². The van der Waals surface area contributed by atoms with E-state index in [4.69, 9.17) is 4.74 Å². The molecule has 2 aliphatic heterocycles. The number of carbonyl (C=O) groups is 4. The van der Waals surface area contributed by atoms with E-state index >= 15 is 0 Å². The molecule has 3 rings (SSSR count). The lowest BCUT2D eigenvalue weighted by Crippen LogP contribution is -2.58. The third-order valence-corrected chi connectivity index (χ3v) is 9.30. The van der Waals surface area contributed by atoms with Crippen LogP contribution < -0.4 is 15.4 Å². The maximum absolute atomic E-state index is 13.6. The highest BCUT2D eigenvalue weighted by molar-refractivity contribution is 7.90. The lowest BCUT2D eigenvalue weighted by Gasteiger charge is -2.30. The molecule has 1 aliphatic carbocycles. The molecule has 12 heteroatoms. The second kappa shape index (κ2) is 11.8. The average molecular weight is 557 g/mol. The van der Waals surface area contributed by atoms with Crippen molar-refractivity contribution in [1.29, 1.82) is 0 Å². The minimum atomic E-state index is -3.87. The van der Waals surface area contributed by atoms with E-state index in [0.29, 0.717) is 38.6 Å². The van der Waals surface area contributed by atoms with Gasteiger partial charge in [-0.1, -0.05) is 32.1 Å². The smallest absolute Gasteiger partial charge is 0.408 e. The maximum atomic E-state index is 13.6. The van der Waals surface area contributed by atoms with Crippen LogP contribution in [-0.4, -0.2) is 72.2 Å². The third-order valence-electron chi connectivity index (χ3n) is 7.59. The number of ether oxygens (including phenoxy) is 1. The fraction of sp³-hybridized carbons (Fsp3) is 0.846. The average Bonchev–Trinajstić information content (AvgIpc) is 3.26. The quantitative estimate of drug-likeness (QED) is 0.481. The molecule has 0 aromatic heterocycles. The van der Waals surface area contributed by atoms with Crippen LogP contribution in [-0.2, 0) is 29.1 Å². The van der Waals surface area contributed by atoms with Crippen LogP contribution in [0.15, 0.2) is 0 Å². The lowest BCUT2D eigenvalue weighted by molar-refractivity contribution is -0.141. The Morgan fingerprint density at radius 1 is 1.03 bits per heavy atom. The second-order valence-corrected chi connectivity index (χ2v) is 14.4. The highest BCUT2D eigenvalue weighted by atomic mass is 32.2. The van der Waals surface area contributed by atoms with Crippen LogP contribution in [0.2, 0.25) is 0 Å². The molecule has 3 N–H and O–H groups in total. The summed E-state index contributed by atoms with van der Waals surface area (Å²) < 4.78 is 32.4. The van der Waals surface area contributed by atoms with Gasteiger partial charge in [0, 0.05) is 6.54 Å². The topological polar surface area (TPSA) is 151 Å². The van der Waals surface area contributed by atoms with Crippen LogP contribution >= 0.6 is 0 Å². The molecule has 0 spiro atoms. The number of carbonyl (C=O) groups excluding carboxylic acids is 4. The Labute approximate surface area is 226 Å². The van der Waals surface area contributed by atoms with Gasteiger partial charge in [0.2, 0.25) is 21.8 Å². The number of amides is 4. The van der Waals surface area contributed by atoms with Gasteiger partial charge in [0.15, 0.2) is 0 Å². The molecule has 0 aromatic rings. The molecule has 0 radical (unpaired) electrons. The van der Waals surface area contributed by atoms with Crippen molar-refractivity contribution >= 4 is 33.8 Å². The normalized spacial score (nSPS) is 29.3. The first kappa shape index (κ1) is 30.2. The summed E-state index contributed by atoms with van der Waals surface area (Å²) in [6.07, 6.45) is 6.15. The predicted molar refractivity (Wildman–Crippen MR) is 141 cm³/mol. The fourth-order valence-corrected chi connectivity index (χ4v) is 5.96. The van der Waals surface area contributed by atoms with E-state index in [2.05, 4.69) is 15.4 Å². The summed E-state index contributed by atoms with van der Waals surface area (Å²) in [5.74, 6) is -1.70. The molecule has 2 saturated heterocycles. The first-order valence-electron chi connectivity index (χ1n) is 13.8. The van der Waals surface area contributed by atoms with Crippen LogP contribution in [0, 0.1) is 5.92 Å². The molecular weight excluding hydrogens is 512 g/mol. The molecule has 3 aliphatic rings. The summed E-state index contributed by atoms with van der Waals surface area (Å²) in [7, 11) is -3.87. The number of alkyl carbamates (subject to hydrolysis) is 1. The second-order valence-electron chi connectivity index (χ2n) is 12.1. The molecule has 4 amide bonds. The number of hydrogen-bond acceptors (Lipinski definition) is 7. The zero-order chi connectivity index (χ0) is 28.3. The minimum absolute atomic E-state index is 0.161. The van der Waals surface area contributed by atoms with Crippen molar-refractivity contribution in [2.75, 3.05) is 6.54 Å². The van der Waals surface area contributed by atoms with Crippen molar-refractivity contribution in [1.82, 2.24) is 20.3 Å². The lowest BCUT2D eigenvalue weighted by atomic mass is 10.0. The Kier molecular flexibility index (Phi) is 9.36. The van der Waals surface area contributed by atoms with Gasteiger partial charge in [-0.15, -0.1) is 0 Å². The Bertz CT molecular complexity index is 1020. The summed E-state index contributed by atoms with van der Waals surface area (Å²) in [6.45, 7) is 8.56. The van der Waals surface area contributed by atoms with E-state index in [-0.39, 0.29) is 11.8 Å². The summed E-state index contributed by atoms with van der Waals surface area (Å²) in [6, 6.07) is -1.63. The van der Waals surface area contributed by atoms with Crippen molar-refractivity contribution in [2.45, 2.75) is 127 Å². The van der Waals surface area contributed by atoms with Gasteiger partial charge in [0.25, 0.3) is 5.91 Å². The van der Waals surface area contributed by atoms with Crippen LogP contribution in [0.1, 0.15) is 98.8 Å². The number of sulfonamides is 1. The van der Waals surface area contributed by atoms with Gasteiger partial charge < -0.3 is 20.3 Å². The first-order valence-corrected chi connectivity index (χ1v) is 15.4. The molecule has 3 fully saturated rings. The third kappa shape index (κ3) is 7.39. The highest BCUT2D eigenvalue weighted by Gasteiger charge is 2.62. The van der Waals surface area contributed by atoms with Gasteiger partial charge in [-0.2, -0.15) is 0 Å². The van der Waals surface area contributed by atoms with Gasteiger partial charge in [0.1, 0.15) is 23.2 Å². The van der Waals surface area contributed by atoms with Crippen molar-refractivity contribution in [3.8, 4) is 0 Å². The van der Waals surface area contributed by atoms with Crippen LogP contribution in [0.25, 0.3) is 0 Å². The number of nitrogens with one attached hydrogen (secondary N) is 3. The van der Waals surface area contributed by atoms with E-state index in [9.17, 15) is 27.6 Å². The van der Waals surface area contributed by atoms with E-state index in [1.165, 1.54) is 18.7 Å². The number of nitrogens with zero attached hydrogens (tertiary/aromatic N) is 1. The minimum Gasteiger partial charge on any atom is -0.444 e. The Morgan fingerprint density at radius 2 is 1.66 bits per heavy atom. The zero-order valence-electron chi connectivity index (χ0n) is 23.3. The van der Waals surface area contributed by atoms with E-state index in [1.54, 1.807) is 20.8 Å². The first-order chi connectivity index (χ1) is 17.7. The van der Waals surface area contributed by atoms with Crippen LogP contribution in [0.4, 0.5) is 4.79 Å². The number of fused-ring (bicyclic) bond motifs is 2. The zero-order valence-corrected chi connectivity index (χ0v) is 24.1. The SMILES string of the molecule is CC(C)S(=O)(=O)NC(=O)[C@@]12C[C@H]1CCCCCCC[C@H](NC(=O)OC(C)(C)C)C(=O)N1CCC[C@H]1C(=O)N2. The van der Waals surface area contributed by atoms with Crippen molar-refractivity contribution in [3.63, 3.8) is 0 Å². The fourth-order valence-electron chi connectivity index (χ4n) is 5.29. The van der Waals surface area contributed by atoms with Crippen LogP contribution in [0.5, 0.6) is 0 Å². The Morgan fingerprint density at radius 3 is 2.29 bits per heavy atom. The van der Waals surface area contributed by atoms with Gasteiger partial charge in [-0.25, -0.2) is 13.2 Å². The molecule has 38 heavy (non-hydrogen) atoms. The standard InChI is InChI=1S/C26H44N4O7S/c1-17(2)38(35,36)29-23(33)26-16-18(26)12-9-7-6-8-10-13-19(27-24(34)37-25(3,4)5)22(32)30-15-11-14-20(30)21(31)28-26/h17-20H,6-16H2,1-5H3,(H,27,34)(H,28,31)(H,29,33)/t18-,19+,20+,26-/m1/s1. The van der Waals surface area contributed by atoms with E-state index in [1.807, 2.05) is 0 Å². The molecule has 0 bridgehead atoms. The molecule has 4 atom stereocenters. The molecule has 0 aromatic carbocycles. The molecule has 11 nitrogen and oxygen atoms in total. The van der Waals surface area contributed by atoms with Crippen molar-refractivity contribution in [3.05, 3.63) is 0 Å². The van der Waals surface area contributed by atoms with Crippen molar-refractivity contribution < 1.29 is 32.3 Å². The predicted octanol–water partition coefficient (Wildman–Crippen LogP) is 2.34. The largest absolute Gasteiger partial charge is 0.444 e. The number of rotatable bonds is 4. The summed E-state index contributed by atoms with van der Waals surface area (Å²) in [4.78, 5) is 54.3. The summed E-state index contributed by atoms with van der Waals surface area (Å²) in [5.41, 5.74) is -2.02. The van der Waals surface area contributed by atoms with Crippen molar-refractivity contribution in [2.24, 2.45) is 5.92 Å². The molecular formula is C26H44N4O7S. The van der Waals surface area contributed by atoms with E-state index < -0.39 is 56.4 Å². The van der Waals surface area contributed by atoms with Gasteiger partial charge in [-0.05, 0) is 72.6 Å². The van der Waals surface area contributed by atoms with Crippen LogP contribution in [0.3, 0.4) is 0 Å². The maximum Gasteiger partial charge on any atom is 0.408 e. The molecule has 1 saturated carbocycles.